The molecule has 2 aromatic heterocycles. The largest absolute Gasteiger partial charge is 0.354 e. The van der Waals surface area contributed by atoms with E-state index in [1.807, 2.05) is 18.2 Å². The third-order valence-electron chi connectivity index (χ3n) is 4.47. The fourth-order valence-corrected chi connectivity index (χ4v) is 2.87. The lowest BCUT2D eigenvalue weighted by Crippen LogP contribution is -2.51. The smallest absolute Gasteiger partial charge is 0.151 e. The molecular formula is C17H21N5. The Bertz CT molecular complexity index is 603. The zero-order chi connectivity index (χ0) is 14.8. The zero-order valence-electron chi connectivity index (χ0n) is 12.7. The van der Waals surface area contributed by atoms with Gasteiger partial charge < -0.3 is 10.2 Å². The van der Waals surface area contributed by atoms with E-state index in [-0.39, 0.29) is 0 Å². The molecule has 1 N–H and O–H groups in total. The zero-order valence-corrected chi connectivity index (χ0v) is 12.7. The van der Waals surface area contributed by atoms with E-state index >= 15 is 0 Å². The highest BCUT2D eigenvalue weighted by molar-refractivity contribution is 5.59. The van der Waals surface area contributed by atoms with Crippen LogP contribution < -0.4 is 10.2 Å². The number of nitrogens with zero attached hydrogens (tertiary/aromatic N) is 4. The molecule has 2 aliphatic rings. The van der Waals surface area contributed by atoms with Crippen LogP contribution >= 0.6 is 0 Å². The van der Waals surface area contributed by atoms with Crippen LogP contribution in [0.2, 0.25) is 0 Å². The summed E-state index contributed by atoms with van der Waals surface area (Å²) >= 11 is 0. The molecule has 1 saturated carbocycles. The second kappa shape index (κ2) is 6.01. The van der Waals surface area contributed by atoms with Crippen molar-refractivity contribution in [3.8, 4) is 11.3 Å². The van der Waals surface area contributed by atoms with Gasteiger partial charge >= 0.3 is 0 Å². The third-order valence-corrected chi connectivity index (χ3v) is 4.47. The highest BCUT2D eigenvalue weighted by Crippen LogP contribution is 2.28. The van der Waals surface area contributed by atoms with Crippen molar-refractivity contribution in [3.63, 3.8) is 0 Å². The molecule has 2 fully saturated rings. The highest BCUT2D eigenvalue weighted by Gasteiger charge is 2.28. The minimum absolute atomic E-state index is 0.750. The molecule has 114 valence electrons. The lowest BCUT2D eigenvalue weighted by Gasteiger charge is -2.40. The number of hydrogen-bond acceptors (Lipinski definition) is 5. The molecule has 1 saturated heterocycles. The van der Waals surface area contributed by atoms with E-state index in [0.29, 0.717) is 0 Å². The Kier molecular flexibility index (Phi) is 3.72. The second-order valence-electron chi connectivity index (χ2n) is 6.39. The van der Waals surface area contributed by atoms with Gasteiger partial charge in [0.25, 0.3) is 0 Å². The summed E-state index contributed by atoms with van der Waals surface area (Å²) in [4.78, 5) is 6.32. The van der Waals surface area contributed by atoms with Crippen LogP contribution in [0.15, 0.2) is 36.7 Å². The summed E-state index contributed by atoms with van der Waals surface area (Å²) in [6, 6.07) is 8.01. The number of pyridine rings is 1. The standard InChI is InChI=1S/C17H21N5/c1-2-13(1)9-19-10-14-11-22(12-14)17-4-3-16(20-21-17)15-5-7-18-8-6-15/h3-8,13-14,19H,1-2,9-12H2. The first-order valence-electron chi connectivity index (χ1n) is 8.08. The van der Waals surface area contributed by atoms with E-state index in [2.05, 4.69) is 31.5 Å². The molecule has 0 spiro atoms. The number of aromatic nitrogens is 3. The average Bonchev–Trinajstić information content (AvgIpc) is 3.35. The molecular weight excluding hydrogens is 274 g/mol. The van der Waals surface area contributed by atoms with Crippen LogP contribution in [0.5, 0.6) is 0 Å². The van der Waals surface area contributed by atoms with Crippen molar-refractivity contribution in [2.75, 3.05) is 31.1 Å². The van der Waals surface area contributed by atoms with Gasteiger partial charge in [-0.3, -0.25) is 4.98 Å². The Morgan fingerprint density at radius 1 is 0.955 bits per heavy atom. The predicted molar refractivity (Wildman–Crippen MR) is 86.6 cm³/mol. The quantitative estimate of drug-likeness (QED) is 0.883. The van der Waals surface area contributed by atoms with Gasteiger partial charge in [-0.1, -0.05) is 0 Å². The molecule has 0 radical (unpaired) electrons. The minimum Gasteiger partial charge on any atom is -0.354 e. The maximum absolute atomic E-state index is 4.37. The molecule has 0 amide bonds. The molecule has 1 aliphatic heterocycles. The second-order valence-corrected chi connectivity index (χ2v) is 6.39. The van der Waals surface area contributed by atoms with Crippen molar-refractivity contribution < 1.29 is 0 Å². The number of hydrogen-bond donors (Lipinski definition) is 1. The highest BCUT2D eigenvalue weighted by atomic mass is 15.3. The molecule has 22 heavy (non-hydrogen) atoms. The van der Waals surface area contributed by atoms with Gasteiger partial charge in [-0.2, -0.15) is 0 Å². The Balaban J connectivity index is 1.29. The lowest BCUT2D eigenvalue weighted by atomic mass is 10.00. The van der Waals surface area contributed by atoms with Gasteiger partial charge in [0.1, 0.15) is 0 Å². The summed E-state index contributed by atoms with van der Waals surface area (Å²) in [6.07, 6.45) is 6.39. The van der Waals surface area contributed by atoms with Crippen LogP contribution in [-0.4, -0.2) is 41.4 Å². The van der Waals surface area contributed by atoms with Gasteiger partial charge in [0, 0.05) is 43.5 Å². The Morgan fingerprint density at radius 2 is 1.73 bits per heavy atom. The van der Waals surface area contributed by atoms with E-state index in [0.717, 1.165) is 48.5 Å². The molecule has 1 aliphatic carbocycles. The summed E-state index contributed by atoms with van der Waals surface area (Å²) in [7, 11) is 0. The van der Waals surface area contributed by atoms with Gasteiger partial charge in [-0.15, -0.1) is 10.2 Å². The Labute approximate surface area is 130 Å². The topological polar surface area (TPSA) is 53.9 Å². The molecule has 0 bridgehead atoms. The average molecular weight is 295 g/mol. The number of nitrogens with one attached hydrogen (secondary N) is 1. The van der Waals surface area contributed by atoms with Gasteiger partial charge in [0.15, 0.2) is 5.82 Å². The molecule has 0 aromatic carbocycles. The molecule has 0 atom stereocenters. The van der Waals surface area contributed by atoms with Gasteiger partial charge in [-0.25, -0.2) is 0 Å². The van der Waals surface area contributed by atoms with E-state index < -0.39 is 0 Å². The third kappa shape index (κ3) is 3.09. The van der Waals surface area contributed by atoms with Crippen LogP contribution in [-0.2, 0) is 0 Å². The van der Waals surface area contributed by atoms with Crippen molar-refractivity contribution >= 4 is 5.82 Å². The molecule has 0 unspecified atom stereocenters. The normalized spacial score (nSPS) is 18.3. The summed E-state index contributed by atoms with van der Waals surface area (Å²) in [5.41, 5.74) is 1.95. The first kappa shape index (κ1) is 13.6. The fraction of sp³-hybridized carbons (Fsp3) is 0.471. The van der Waals surface area contributed by atoms with Crippen molar-refractivity contribution in [2.24, 2.45) is 11.8 Å². The van der Waals surface area contributed by atoms with Crippen molar-refractivity contribution in [2.45, 2.75) is 12.8 Å². The van der Waals surface area contributed by atoms with E-state index in [1.54, 1.807) is 12.4 Å². The number of anilines is 1. The van der Waals surface area contributed by atoms with Gasteiger partial charge in [-0.05, 0) is 49.6 Å². The maximum Gasteiger partial charge on any atom is 0.151 e. The summed E-state index contributed by atoms with van der Waals surface area (Å²) in [5, 5.41) is 12.3. The molecule has 2 aromatic rings. The molecule has 5 nitrogen and oxygen atoms in total. The number of rotatable bonds is 6. The van der Waals surface area contributed by atoms with E-state index in [1.165, 1.54) is 19.4 Å². The first-order valence-corrected chi connectivity index (χ1v) is 8.08. The monoisotopic (exact) mass is 295 g/mol. The fourth-order valence-electron chi connectivity index (χ4n) is 2.87. The van der Waals surface area contributed by atoms with Crippen LogP contribution in [0.25, 0.3) is 11.3 Å². The Morgan fingerprint density at radius 3 is 2.41 bits per heavy atom. The summed E-state index contributed by atoms with van der Waals surface area (Å²) < 4.78 is 0. The van der Waals surface area contributed by atoms with Crippen LogP contribution in [0.4, 0.5) is 5.82 Å². The minimum atomic E-state index is 0.750. The molecule has 3 heterocycles. The Hall–Kier alpha value is -2.01. The SMILES string of the molecule is c1cc(-c2ccc(N3CC(CNCC4CC4)C3)nn2)ccn1. The van der Waals surface area contributed by atoms with Crippen molar-refractivity contribution in [1.29, 1.82) is 0 Å². The van der Waals surface area contributed by atoms with E-state index in [9.17, 15) is 0 Å². The van der Waals surface area contributed by atoms with Crippen molar-refractivity contribution in [3.05, 3.63) is 36.7 Å². The lowest BCUT2D eigenvalue weighted by molar-refractivity contribution is 0.379. The van der Waals surface area contributed by atoms with Crippen LogP contribution in [0.3, 0.4) is 0 Å². The van der Waals surface area contributed by atoms with Crippen LogP contribution in [0.1, 0.15) is 12.8 Å². The molecule has 4 rings (SSSR count). The van der Waals surface area contributed by atoms with Crippen molar-refractivity contribution in [1.82, 2.24) is 20.5 Å². The van der Waals surface area contributed by atoms with E-state index in [4.69, 9.17) is 0 Å². The van der Waals surface area contributed by atoms with Crippen LogP contribution in [0, 0.1) is 11.8 Å². The summed E-state index contributed by atoms with van der Waals surface area (Å²) in [6.45, 7) is 4.51. The maximum atomic E-state index is 4.37. The first-order chi connectivity index (χ1) is 10.9. The van der Waals surface area contributed by atoms with Gasteiger partial charge in [0.05, 0.1) is 5.69 Å². The summed E-state index contributed by atoms with van der Waals surface area (Å²) in [5.74, 6) is 2.69. The van der Waals surface area contributed by atoms with Gasteiger partial charge in [0.2, 0.25) is 0 Å². The molecule has 5 heteroatoms. The predicted octanol–water partition coefficient (Wildman–Crippen LogP) is 1.97.